The highest BCUT2D eigenvalue weighted by atomic mass is 32.2. The number of amides is 2. The summed E-state index contributed by atoms with van der Waals surface area (Å²) in [4.78, 5) is 24.3. The van der Waals surface area contributed by atoms with Crippen LogP contribution in [0.15, 0.2) is 18.2 Å². The smallest absolute Gasteiger partial charge is 0.251 e. The second-order valence-corrected chi connectivity index (χ2v) is 7.54. The molecule has 1 aliphatic rings. The molecule has 0 saturated heterocycles. The van der Waals surface area contributed by atoms with Gasteiger partial charge in [-0.15, -0.1) is 11.8 Å². The van der Waals surface area contributed by atoms with Crippen molar-refractivity contribution in [1.29, 1.82) is 0 Å². The maximum atomic E-state index is 12.4. The Morgan fingerprint density at radius 2 is 2.00 bits per heavy atom. The maximum absolute atomic E-state index is 12.4. The van der Waals surface area contributed by atoms with Crippen molar-refractivity contribution >= 4 is 29.3 Å². The number of methoxy groups -OCH3 is 1. The molecule has 0 bridgehead atoms. The molecule has 1 saturated carbocycles. The second-order valence-electron chi connectivity index (χ2n) is 6.43. The summed E-state index contributed by atoms with van der Waals surface area (Å²) >= 11 is 1.54. The van der Waals surface area contributed by atoms with Gasteiger partial charge in [-0.05, 0) is 43.5 Å². The van der Waals surface area contributed by atoms with Gasteiger partial charge in [-0.2, -0.15) is 0 Å². The van der Waals surface area contributed by atoms with E-state index in [1.165, 1.54) is 31.0 Å². The summed E-state index contributed by atoms with van der Waals surface area (Å²) in [5, 5.41) is 6.02. The third-order valence-electron chi connectivity index (χ3n) is 4.37. The molecule has 6 heteroatoms. The van der Waals surface area contributed by atoms with E-state index in [1.807, 2.05) is 19.1 Å². The largest absolute Gasteiger partial charge is 0.384 e. The highest BCUT2D eigenvalue weighted by Crippen LogP contribution is 2.20. The van der Waals surface area contributed by atoms with E-state index in [2.05, 4.69) is 10.6 Å². The Hall–Kier alpha value is -1.53. The summed E-state index contributed by atoms with van der Waals surface area (Å²) < 4.78 is 4.96. The Kier molecular flexibility index (Phi) is 8.28. The molecule has 0 aromatic heterocycles. The van der Waals surface area contributed by atoms with Crippen molar-refractivity contribution in [2.75, 3.05) is 30.5 Å². The number of anilines is 1. The molecule has 0 heterocycles. The van der Waals surface area contributed by atoms with Gasteiger partial charge < -0.3 is 15.4 Å². The highest BCUT2D eigenvalue weighted by molar-refractivity contribution is 7.99. The molecule has 25 heavy (non-hydrogen) atoms. The first-order chi connectivity index (χ1) is 12.1. The van der Waals surface area contributed by atoms with Gasteiger partial charge in [0, 0.05) is 30.2 Å². The lowest BCUT2D eigenvalue weighted by atomic mass is 9.95. The average molecular weight is 365 g/mol. The molecule has 138 valence electrons. The number of benzene rings is 1. The van der Waals surface area contributed by atoms with Crippen LogP contribution in [0, 0.1) is 6.92 Å². The van der Waals surface area contributed by atoms with Crippen LogP contribution in [0.5, 0.6) is 0 Å². The van der Waals surface area contributed by atoms with Crippen molar-refractivity contribution in [2.45, 2.75) is 45.1 Å². The predicted molar refractivity (Wildman–Crippen MR) is 103 cm³/mol. The van der Waals surface area contributed by atoms with Crippen LogP contribution in [0.1, 0.15) is 48.0 Å². The van der Waals surface area contributed by atoms with Gasteiger partial charge in [0.25, 0.3) is 5.91 Å². The Morgan fingerprint density at radius 3 is 2.68 bits per heavy atom. The number of hydrogen-bond acceptors (Lipinski definition) is 4. The molecule has 1 aliphatic carbocycles. The lowest BCUT2D eigenvalue weighted by Crippen LogP contribution is -2.36. The number of thioether (sulfide) groups is 1. The second kappa shape index (κ2) is 10.5. The molecular weight excluding hydrogens is 336 g/mol. The van der Waals surface area contributed by atoms with E-state index < -0.39 is 0 Å². The fourth-order valence-electron chi connectivity index (χ4n) is 2.95. The van der Waals surface area contributed by atoms with Crippen molar-refractivity contribution in [3.63, 3.8) is 0 Å². The predicted octanol–water partition coefficient (Wildman–Crippen LogP) is 3.38. The molecular formula is C19H28N2O3S. The van der Waals surface area contributed by atoms with Gasteiger partial charge in [0.15, 0.2) is 0 Å². The molecule has 5 nitrogen and oxygen atoms in total. The van der Waals surface area contributed by atoms with E-state index in [9.17, 15) is 9.59 Å². The lowest BCUT2D eigenvalue weighted by molar-refractivity contribution is -0.113. The number of ether oxygens (including phenoxy) is 1. The van der Waals surface area contributed by atoms with E-state index in [-0.39, 0.29) is 11.8 Å². The zero-order valence-electron chi connectivity index (χ0n) is 15.1. The molecule has 2 amide bonds. The summed E-state index contributed by atoms with van der Waals surface area (Å²) in [6.07, 6.45) is 5.79. The van der Waals surface area contributed by atoms with Crippen LogP contribution in [0.3, 0.4) is 0 Å². The number of hydrogen-bond donors (Lipinski definition) is 2. The summed E-state index contributed by atoms with van der Waals surface area (Å²) in [7, 11) is 1.65. The molecule has 1 fully saturated rings. The number of rotatable bonds is 8. The third kappa shape index (κ3) is 6.71. The number of aryl methyl sites for hydroxylation is 1. The van der Waals surface area contributed by atoms with Crippen molar-refractivity contribution in [2.24, 2.45) is 0 Å². The highest BCUT2D eigenvalue weighted by Gasteiger charge is 2.17. The van der Waals surface area contributed by atoms with Crippen molar-refractivity contribution < 1.29 is 14.3 Å². The lowest BCUT2D eigenvalue weighted by Gasteiger charge is -2.23. The molecule has 0 radical (unpaired) electrons. The van der Waals surface area contributed by atoms with Gasteiger partial charge in [-0.25, -0.2) is 0 Å². The van der Waals surface area contributed by atoms with Crippen LogP contribution >= 0.6 is 11.8 Å². The zero-order chi connectivity index (χ0) is 18.1. The van der Waals surface area contributed by atoms with Gasteiger partial charge in [-0.3, -0.25) is 9.59 Å². The minimum absolute atomic E-state index is 0.0250. The first kappa shape index (κ1) is 19.8. The fourth-order valence-corrected chi connectivity index (χ4v) is 3.64. The maximum Gasteiger partial charge on any atom is 0.251 e. The Balaban J connectivity index is 1.86. The monoisotopic (exact) mass is 364 g/mol. The Labute approximate surface area is 154 Å². The van der Waals surface area contributed by atoms with Crippen LogP contribution in [0.2, 0.25) is 0 Å². The van der Waals surface area contributed by atoms with Crippen LogP contribution < -0.4 is 10.6 Å². The summed E-state index contributed by atoms with van der Waals surface area (Å²) in [6.45, 7) is 2.55. The summed E-state index contributed by atoms with van der Waals surface area (Å²) in [5.41, 5.74) is 2.30. The molecule has 1 aromatic carbocycles. The molecule has 0 atom stereocenters. The minimum Gasteiger partial charge on any atom is -0.384 e. The Bertz CT molecular complexity index is 586. The number of carbonyl (C=O) groups is 2. The molecule has 2 rings (SSSR count). The Morgan fingerprint density at radius 1 is 1.24 bits per heavy atom. The molecule has 0 unspecified atom stereocenters. The van der Waals surface area contributed by atoms with Gasteiger partial charge in [0.05, 0.1) is 12.4 Å². The van der Waals surface area contributed by atoms with Crippen molar-refractivity contribution in [3.8, 4) is 0 Å². The van der Waals surface area contributed by atoms with Gasteiger partial charge in [-0.1, -0.05) is 19.3 Å². The first-order valence-corrected chi connectivity index (χ1v) is 10.0. The van der Waals surface area contributed by atoms with Gasteiger partial charge in [0.1, 0.15) is 0 Å². The minimum atomic E-state index is -0.0383. The van der Waals surface area contributed by atoms with E-state index >= 15 is 0 Å². The fraction of sp³-hybridized carbons (Fsp3) is 0.579. The van der Waals surface area contributed by atoms with Crippen molar-refractivity contribution in [1.82, 2.24) is 5.32 Å². The first-order valence-electron chi connectivity index (χ1n) is 8.88. The summed E-state index contributed by atoms with van der Waals surface area (Å²) in [6, 6.07) is 5.72. The van der Waals surface area contributed by atoms with Crippen LogP contribution in [-0.4, -0.2) is 43.1 Å². The number of carbonyl (C=O) groups excluding carboxylic acids is 2. The molecule has 0 aliphatic heterocycles. The van der Waals surface area contributed by atoms with Gasteiger partial charge in [0.2, 0.25) is 5.91 Å². The van der Waals surface area contributed by atoms with Crippen molar-refractivity contribution in [3.05, 3.63) is 29.3 Å². The van der Waals surface area contributed by atoms with Gasteiger partial charge >= 0.3 is 0 Å². The molecule has 1 aromatic rings. The normalized spacial score (nSPS) is 15.0. The standard InChI is InChI=1S/C19H28N2O3S/c1-14-12-15(19(23)20-16-6-4-3-5-7-16)8-9-17(14)21-18(22)13-25-11-10-24-2/h8-9,12,16H,3-7,10-11,13H2,1-2H3,(H,20,23)(H,21,22). The zero-order valence-corrected chi connectivity index (χ0v) is 15.9. The number of nitrogens with one attached hydrogen (secondary N) is 2. The molecule has 0 spiro atoms. The van der Waals surface area contributed by atoms with Crippen LogP contribution in [0.25, 0.3) is 0 Å². The topological polar surface area (TPSA) is 67.4 Å². The van der Waals surface area contributed by atoms with Crippen LogP contribution in [0.4, 0.5) is 5.69 Å². The van der Waals surface area contributed by atoms with E-state index in [0.717, 1.165) is 29.8 Å². The van der Waals surface area contributed by atoms with E-state index in [1.54, 1.807) is 13.2 Å². The van der Waals surface area contributed by atoms with Crippen LogP contribution in [-0.2, 0) is 9.53 Å². The average Bonchev–Trinajstić information content (AvgIpc) is 2.61. The SMILES string of the molecule is COCCSCC(=O)Nc1ccc(C(=O)NC2CCCCC2)cc1C. The molecule has 2 N–H and O–H groups in total. The third-order valence-corrected chi connectivity index (χ3v) is 5.29. The van der Waals surface area contributed by atoms with E-state index in [4.69, 9.17) is 4.74 Å². The summed E-state index contributed by atoms with van der Waals surface area (Å²) in [5.74, 6) is 1.13. The quantitative estimate of drug-likeness (QED) is 0.694. The van der Waals surface area contributed by atoms with E-state index in [0.29, 0.717) is 24.0 Å².